The van der Waals surface area contributed by atoms with Crippen LogP contribution >= 0.6 is 11.6 Å². The lowest BCUT2D eigenvalue weighted by atomic mass is 10.2. The number of esters is 2. The van der Waals surface area contributed by atoms with Crippen LogP contribution in [0.15, 0.2) is 0 Å². The van der Waals surface area contributed by atoms with Gasteiger partial charge in [-0.3, -0.25) is 0 Å². The molecule has 0 aliphatic heterocycles. The van der Waals surface area contributed by atoms with Crippen molar-refractivity contribution in [2.24, 2.45) is 0 Å². The number of rotatable bonds is 3. The molecule has 0 aliphatic carbocycles. The number of aromatic nitrogens is 2. The Balaban J connectivity index is 3.24. The highest BCUT2D eigenvalue weighted by atomic mass is 35.5. The first-order valence-electron chi connectivity index (χ1n) is 4.80. The maximum absolute atomic E-state index is 11.6. The molecule has 0 atom stereocenters. The molecule has 1 aromatic heterocycles. The van der Waals surface area contributed by atoms with Crippen LogP contribution in [0.1, 0.15) is 33.6 Å². The van der Waals surface area contributed by atoms with Crippen LogP contribution in [0.5, 0.6) is 0 Å². The summed E-state index contributed by atoms with van der Waals surface area (Å²) in [7, 11) is 1.18. The Bertz CT molecular complexity index is 462. The van der Waals surface area contributed by atoms with E-state index in [1.54, 1.807) is 13.8 Å². The van der Waals surface area contributed by atoms with Gasteiger partial charge in [0.25, 0.3) is 0 Å². The predicted octanol–water partition coefficient (Wildman–Crippen LogP) is 1.40. The molecule has 0 N–H and O–H groups in total. The van der Waals surface area contributed by atoms with E-state index in [0.29, 0.717) is 5.56 Å². The Kier molecular flexibility index (Phi) is 4.39. The van der Waals surface area contributed by atoms with Gasteiger partial charge in [0.1, 0.15) is 5.15 Å². The smallest absolute Gasteiger partial charge is 0.376 e. The molecular formula is C10H11ClN2O4. The molecule has 17 heavy (non-hydrogen) atoms. The first-order chi connectivity index (χ1) is 8.01. The predicted molar refractivity (Wildman–Crippen MR) is 59.1 cm³/mol. The molecular weight excluding hydrogens is 248 g/mol. The van der Waals surface area contributed by atoms with Crippen molar-refractivity contribution in [3.8, 4) is 0 Å². The Morgan fingerprint density at radius 3 is 2.47 bits per heavy atom. The standard InChI is InChI=1S/C10H11ClN2O4/c1-4-17-9(14)6-5(2)7(11)13-8(12-6)10(15)16-3/h4H2,1-3H3. The number of carbonyl (C=O) groups is 2. The van der Waals surface area contributed by atoms with E-state index >= 15 is 0 Å². The summed E-state index contributed by atoms with van der Waals surface area (Å²) in [5, 5.41) is 0.0171. The molecule has 6 nitrogen and oxygen atoms in total. The maximum Gasteiger partial charge on any atom is 0.376 e. The highest BCUT2D eigenvalue weighted by Crippen LogP contribution is 2.16. The van der Waals surface area contributed by atoms with Gasteiger partial charge >= 0.3 is 11.9 Å². The first-order valence-corrected chi connectivity index (χ1v) is 5.18. The molecule has 0 amide bonds. The normalized spacial score (nSPS) is 9.88. The van der Waals surface area contributed by atoms with Gasteiger partial charge in [0.15, 0.2) is 5.69 Å². The quantitative estimate of drug-likeness (QED) is 0.602. The molecule has 1 aromatic rings. The Hall–Kier alpha value is -1.69. The molecule has 0 aromatic carbocycles. The van der Waals surface area contributed by atoms with E-state index in [1.807, 2.05) is 0 Å². The van der Waals surface area contributed by atoms with Crippen LogP contribution in [0.2, 0.25) is 5.15 Å². The summed E-state index contributed by atoms with van der Waals surface area (Å²) in [6, 6.07) is 0. The molecule has 0 saturated carbocycles. The first kappa shape index (κ1) is 13.4. The van der Waals surface area contributed by atoms with Crippen molar-refractivity contribution in [1.29, 1.82) is 0 Å². The highest BCUT2D eigenvalue weighted by Gasteiger charge is 2.20. The zero-order chi connectivity index (χ0) is 13.0. The lowest BCUT2D eigenvalue weighted by Crippen LogP contribution is -2.16. The van der Waals surface area contributed by atoms with E-state index < -0.39 is 11.9 Å². The van der Waals surface area contributed by atoms with Gasteiger partial charge in [-0.1, -0.05) is 11.6 Å². The zero-order valence-corrected chi connectivity index (χ0v) is 10.4. The van der Waals surface area contributed by atoms with Gasteiger partial charge in [-0.2, -0.15) is 0 Å². The number of carbonyl (C=O) groups excluding carboxylic acids is 2. The minimum absolute atomic E-state index is 0.0171. The van der Waals surface area contributed by atoms with Crippen molar-refractivity contribution in [2.45, 2.75) is 13.8 Å². The Morgan fingerprint density at radius 2 is 1.94 bits per heavy atom. The lowest BCUT2D eigenvalue weighted by Gasteiger charge is -2.07. The molecule has 1 heterocycles. The van der Waals surface area contributed by atoms with Crippen molar-refractivity contribution >= 4 is 23.5 Å². The number of ether oxygens (including phenoxy) is 2. The van der Waals surface area contributed by atoms with E-state index in [4.69, 9.17) is 16.3 Å². The van der Waals surface area contributed by atoms with Gasteiger partial charge in [0.05, 0.1) is 13.7 Å². The Morgan fingerprint density at radius 1 is 1.29 bits per heavy atom. The molecule has 92 valence electrons. The average Bonchev–Trinajstić information content (AvgIpc) is 2.31. The van der Waals surface area contributed by atoms with E-state index in [1.165, 1.54) is 7.11 Å². The van der Waals surface area contributed by atoms with Crippen molar-refractivity contribution < 1.29 is 19.1 Å². The van der Waals surface area contributed by atoms with E-state index in [2.05, 4.69) is 14.7 Å². The SMILES string of the molecule is CCOC(=O)c1nc(C(=O)OC)nc(Cl)c1C. The number of methoxy groups -OCH3 is 1. The number of halogens is 1. The fourth-order valence-corrected chi connectivity index (χ4v) is 1.24. The summed E-state index contributed by atoms with van der Waals surface area (Å²) in [4.78, 5) is 30.3. The second-order valence-electron chi connectivity index (χ2n) is 3.02. The fraction of sp³-hybridized carbons (Fsp3) is 0.400. The van der Waals surface area contributed by atoms with Crippen molar-refractivity contribution in [1.82, 2.24) is 9.97 Å². The fourth-order valence-electron chi connectivity index (χ4n) is 1.07. The summed E-state index contributed by atoms with van der Waals surface area (Å²) in [6.45, 7) is 3.43. The number of hydrogen-bond donors (Lipinski definition) is 0. The molecule has 0 aliphatic rings. The monoisotopic (exact) mass is 258 g/mol. The highest BCUT2D eigenvalue weighted by molar-refractivity contribution is 6.30. The third-order valence-electron chi connectivity index (χ3n) is 1.92. The van der Waals surface area contributed by atoms with Crippen LogP contribution in [-0.2, 0) is 9.47 Å². The number of hydrogen-bond acceptors (Lipinski definition) is 6. The molecule has 7 heteroatoms. The molecule has 0 unspecified atom stereocenters. The van der Waals surface area contributed by atoms with Crippen molar-refractivity contribution in [3.05, 3.63) is 22.2 Å². The topological polar surface area (TPSA) is 78.4 Å². The van der Waals surface area contributed by atoms with Crippen molar-refractivity contribution in [3.63, 3.8) is 0 Å². The average molecular weight is 259 g/mol. The second kappa shape index (κ2) is 5.58. The van der Waals surface area contributed by atoms with Gasteiger partial charge in [-0.25, -0.2) is 19.6 Å². The third-order valence-corrected chi connectivity index (χ3v) is 2.29. The van der Waals surface area contributed by atoms with E-state index in [0.717, 1.165) is 0 Å². The lowest BCUT2D eigenvalue weighted by molar-refractivity contribution is 0.0517. The summed E-state index contributed by atoms with van der Waals surface area (Å²) in [6.07, 6.45) is 0. The molecule has 0 spiro atoms. The van der Waals surface area contributed by atoms with Gasteiger partial charge in [-0.15, -0.1) is 0 Å². The molecule has 0 radical (unpaired) electrons. The Labute approximate surface area is 103 Å². The van der Waals surface area contributed by atoms with Crippen molar-refractivity contribution in [2.75, 3.05) is 13.7 Å². The summed E-state index contributed by atoms with van der Waals surface area (Å²) >= 11 is 5.80. The van der Waals surface area contributed by atoms with Gasteiger partial charge in [0, 0.05) is 5.56 Å². The van der Waals surface area contributed by atoms with Crippen LogP contribution in [0.4, 0.5) is 0 Å². The molecule has 1 rings (SSSR count). The molecule has 0 saturated heterocycles. The van der Waals surface area contributed by atoms with Gasteiger partial charge < -0.3 is 9.47 Å². The van der Waals surface area contributed by atoms with Crippen LogP contribution in [-0.4, -0.2) is 35.6 Å². The van der Waals surface area contributed by atoms with Crippen LogP contribution < -0.4 is 0 Å². The maximum atomic E-state index is 11.6. The number of nitrogens with zero attached hydrogens (tertiary/aromatic N) is 2. The second-order valence-corrected chi connectivity index (χ2v) is 3.38. The molecule has 0 fully saturated rings. The summed E-state index contributed by atoms with van der Waals surface area (Å²) < 4.78 is 9.24. The summed E-state index contributed by atoms with van der Waals surface area (Å²) in [5.41, 5.74) is 0.324. The zero-order valence-electron chi connectivity index (χ0n) is 9.61. The van der Waals surface area contributed by atoms with Crippen LogP contribution in [0.3, 0.4) is 0 Å². The van der Waals surface area contributed by atoms with Crippen LogP contribution in [0.25, 0.3) is 0 Å². The minimum Gasteiger partial charge on any atom is -0.463 e. The van der Waals surface area contributed by atoms with Crippen LogP contribution in [0, 0.1) is 6.92 Å². The molecule has 0 bridgehead atoms. The third kappa shape index (κ3) is 2.91. The summed E-state index contributed by atoms with van der Waals surface area (Å²) in [5.74, 6) is -1.69. The van der Waals surface area contributed by atoms with Gasteiger partial charge in [-0.05, 0) is 13.8 Å². The minimum atomic E-state index is -0.766. The van der Waals surface area contributed by atoms with Gasteiger partial charge in [0.2, 0.25) is 5.82 Å². The van der Waals surface area contributed by atoms with E-state index in [-0.39, 0.29) is 23.3 Å². The largest absolute Gasteiger partial charge is 0.463 e. The van der Waals surface area contributed by atoms with E-state index in [9.17, 15) is 9.59 Å².